The Morgan fingerprint density at radius 3 is 2.36 bits per heavy atom. The van der Waals surface area contributed by atoms with Crippen molar-refractivity contribution in [3.8, 4) is 11.5 Å². The van der Waals surface area contributed by atoms with Gasteiger partial charge in [0.1, 0.15) is 18.2 Å². The number of hydrogen-bond acceptors (Lipinski definition) is 7. The molecular weight excluding hydrogens is 482 g/mol. The number of hydrogen-bond donors (Lipinski definition) is 1. The van der Waals surface area contributed by atoms with E-state index in [-0.39, 0.29) is 10.7 Å². The van der Waals surface area contributed by atoms with E-state index in [2.05, 4.69) is 14.7 Å². The number of benzene rings is 3. The van der Waals surface area contributed by atoms with Crippen LogP contribution in [0.4, 0.5) is 5.82 Å². The van der Waals surface area contributed by atoms with Crippen molar-refractivity contribution in [3.05, 3.63) is 77.3 Å². The van der Waals surface area contributed by atoms with Gasteiger partial charge in [-0.2, -0.15) is 0 Å². The van der Waals surface area contributed by atoms with Crippen LogP contribution in [0.2, 0.25) is 5.02 Å². The van der Waals surface area contributed by atoms with E-state index in [9.17, 15) is 8.42 Å². The third-order valence-electron chi connectivity index (χ3n) is 4.88. The zero-order valence-electron chi connectivity index (χ0n) is 17.2. The second-order valence-corrected chi connectivity index (χ2v) is 10.3. The standard InChI is InChI=1S/C23H18ClN3O4S2/c24-16-7-5-15(6-8-16)14-32-23-22(25-18-3-1-2-4-19(18)26-23)27-33(28,29)17-9-10-20-21(13-17)31-12-11-30-20/h1-10,13H,11-12,14H2,(H,25,27). The van der Waals surface area contributed by atoms with E-state index in [1.54, 1.807) is 12.1 Å². The lowest BCUT2D eigenvalue weighted by atomic mass is 10.2. The summed E-state index contributed by atoms with van der Waals surface area (Å²) in [6.07, 6.45) is 0. The highest BCUT2D eigenvalue weighted by molar-refractivity contribution is 7.98. The molecule has 0 radical (unpaired) electrons. The van der Waals surface area contributed by atoms with E-state index in [0.29, 0.717) is 51.5 Å². The van der Waals surface area contributed by atoms with Gasteiger partial charge in [-0.15, -0.1) is 0 Å². The second kappa shape index (κ2) is 9.09. The number of aromatic nitrogens is 2. The summed E-state index contributed by atoms with van der Waals surface area (Å²) < 4.78 is 40.0. The number of ether oxygens (including phenoxy) is 2. The lowest BCUT2D eigenvalue weighted by Crippen LogP contribution is -2.18. The molecule has 0 fully saturated rings. The van der Waals surface area contributed by atoms with Crippen LogP contribution in [0.1, 0.15) is 5.56 Å². The summed E-state index contributed by atoms with van der Waals surface area (Å²) >= 11 is 7.36. The van der Waals surface area contributed by atoms with Crippen LogP contribution >= 0.6 is 23.4 Å². The zero-order valence-corrected chi connectivity index (χ0v) is 19.6. The van der Waals surface area contributed by atoms with Crippen LogP contribution in [0.15, 0.2) is 76.7 Å². The van der Waals surface area contributed by atoms with Crippen LogP contribution < -0.4 is 14.2 Å². The number of sulfonamides is 1. The Kier molecular flexibility index (Phi) is 6.01. The van der Waals surface area contributed by atoms with Crippen molar-refractivity contribution < 1.29 is 17.9 Å². The van der Waals surface area contributed by atoms with E-state index in [4.69, 9.17) is 21.1 Å². The van der Waals surface area contributed by atoms with Crippen LogP contribution in [-0.4, -0.2) is 31.6 Å². The summed E-state index contributed by atoms with van der Waals surface area (Å²) in [4.78, 5) is 9.26. The van der Waals surface area contributed by atoms with Crippen LogP contribution in [0.3, 0.4) is 0 Å². The highest BCUT2D eigenvalue weighted by Crippen LogP contribution is 2.34. The molecule has 168 valence electrons. The number of nitrogens with zero attached hydrogens (tertiary/aromatic N) is 2. The van der Waals surface area contributed by atoms with E-state index in [1.165, 1.54) is 23.9 Å². The average molecular weight is 500 g/mol. The fourth-order valence-corrected chi connectivity index (χ4v) is 5.37. The Labute approximate surface area is 200 Å². The number of anilines is 1. The minimum absolute atomic E-state index is 0.0513. The van der Waals surface area contributed by atoms with Gasteiger partial charge in [0.05, 0.1) is 15.9 Å². The Bertz CT molecular complexity index is 1430. The Balaban J connectivity index is 1.48. The first kappa shape index (κ1) is 21.8. The van der Waals surface area contributed by atoms with Gasteiger partial charge in [-0.05, 0) is 42.0 Å². The third kappa shape index (κ3) is 4.85. The molecule has 0 unspecified atom stereocenters. The Hall–Kier alpha value is -3.01. The topological polar surface area (TPSA) is 90.4 Å². The molecule has 0 bridgehead atoms. The maximum Gasteiger partial charge on any atom is 0.263 e. The molecule has 0 saturated carbocycles. The van der Waals surface area contributed by atoms with E-state index in [1.807, 2.05) is 42.5 Å². The van der Waals surface area contributed by atoms with Crippen molar-refractivity contribution in [2.75, 3.05) is 17.9 Å². The van der Waals surface area contributed by atoms with Gasteiger partial charge in [0.25, 0.3) is 10.0 Å². The molecule has 1 aliphatic heterocycles. The number of fused-ring (bicyclic) bond motifs is 2. The minimum Gasteiger partial charge on any atom is -0.486 e. The van der Waals surface area contributed by atoms with Crippen molar-refractivity contribution in [1.82, 2.24) is 9.97 Å². The molecule has 4 aromatic rings. The molecule has 1 aromatic heterocycles. The maximum atomic E-state index is 13.2. The lowest BCUT2D eigenvalue weighted by molar-refractivity contribution is 0.171. The number of thioether (sulfide) groups is 1. The average Bonchev–Trinajstić information content (AvgIpc) is 2.83. The number of halogens is 1. The van der Waals surface area contributed by atoms with Gasteiger partial charge in [0, 0.05) is 16.8 Å². The number of rotatable bonds is 6. The highest BCUT2D eigenvalue weighted by atomic mass is 35.5. The molecular formula is C23H18ClN3O4S2. The van der Waals surface area contributed by atoms with Gasteiger partial charge < -0.3 is 9.47 Å². The van der Waals surface area contributed by atoms with E-state index in [0.717, 1.165) is 5.56 Å². The fraction of sp³-hybridized carbons (Fsp3) is 0.130. The van der Waals surface area contributed by atoms with Crippen molar-refractivity contribution in [1.29, 1.82) is 0 Å². The summed E-state index contributed by atoms with van der Waals surface area (Å²) in [5.74, 6) is 1.65. The van der Waals surface area contributed by atoms with Crippen molar-refractivity contribution in [2.45, 2.75) is 15.7 Å². The summed E-state index contributed by atoms with van der Waals surface area (Å²) in [6.45, 7) is 0.795. The number of nitrogens with one attached hydrogen (secondary N) is 1. The monoisotopic (exact) mass is 499 g/mol. The van der Waals surface area contributed by atoms with Gasteiger partial charge in [0.15, 0.2) is 17.3 Å². The largest absolute Gasteiger partial charge is 0.486 e. The maximum absolute atomic E-state index is 13.2. The Morgan fingerprint density at radius 2 is 1.61 bits per heavy atom. The molecule has 0 aliphatic carbocycles. The summed E-state index contributed by atoms with van der Waals surface area (Å²) in [6, 6.07) is 19.3. The molecule has 0 amide bonds. The second-order valence-electron chi connectivity index (χ2n) is 7.19. The summed E-state index contributed by atoms with van der Waals surface area (Å²) in [5, 5.41) is 1.13. The van der Waals surface area contributed by atoms with Gasteiger partial charge in [0.2, 0.25) is 0 Å². The van der Waals surface area contributed by atoms with Crippen molar-refractivity contribution in [2.24, 2.45) is 0 Å². The molecule has 2 heterocycles. The third-order valence-corrected chi connectivity index (χ3v) is 7.51. The molecule has 3 aromatic carbocycles. The number of para-hydroxylation sites is 2. The first-order valence-electron chi connectivity index (χ1n) is 10.0. The SMILES string of the molecule is O=S(=O)(Nc1nc2ccccc2nc1SCc1ccc(Cl)cc1)c1ccc2c(c1)OCCO2. The summed E-state index contributed by atoms with van der Waals surface area (Å²) in [5.41, 5.74) is 2.30. The van der Waals surface area contributed by atoms with Crippen molar-refractivity contribution in [3.63, 3.8) is 0 Å². The van der Waals surface area contributed by atoms with Crippen molar-refractivity contribution >= 4 is 50.2 Å². The van der Waals surface area contributed by atoms with Gasteiger partial charge in [-0.1, -0.05) is 47.6 Å². The molecule has 5 rings (SSSR count). The van der Waals surface area contributed by atoms with Crippen LogP contribution in [0, 0.1) is 0 Å². The van der Waals surface area contributed by atoms with Crippen LogP contribution in [0.25, 0.3) is 11.0 Å². The Morgan fingerprint density at radius 1 is 0.909 bits per heavy atom. The van der Waals surface area contributed by atoms with E-state index < -0.39 is 10.0 Å². The lowest BCUT2D eigenvalue weighted by Gasteiger charge is -2.19. The van der Waals surface area contributed by atoms with Gasteiger partial charge in [-0.25, -0.2) is 18.4 Å². The van der Waals surface area contributed by atoms with E-state index >= 15 is 0 Å². The molecule has 0 atom stereocenters. The minimum atomic E-state index is -3.95. The molecule has 0 saturated heterocycles. The molecule has 0 spiro atoms. The summed E-state index contributed by atoms with van der Waals surface area (Å²) in [7, 11) is -3.95. The highest BCUT2D eigenvalue weighted by Gasteiger charge is 2.22. The first-order chi connectivity index (χ1) is 16.0. The molecule has 1 N–H and O–H groups in total. The molecule has 33 heavy (non-hydrogen) atoms. The molecule has 10 heteroatoms. The predicted molar refractivity (Wildman–Crippen MR) is 129 cm³/mol. The molecule has 1 aliphatic rings. The van der Waals surface area contributed by atoms with Crippen LogP contribution in [0.5, 0.6) is 11.5 Å². The fourth-order valence-electron chi connectivity index (χ4n) is 3.26. The predicted octanol–water partition coefficient (Wildman–Crippen LogP) is 5.15. The van der Waals surface area contributed by atoms with Gasteiger partial charge in [-0.3, -0.25) is 4.72 Å². The quantitative estimate of drug-likeness (QED) is 0.367. The molecule has 7 nitrogen and oxygen atoms in total. The zero-order chi connectivity index (χ0) is 22.8. The smallest absolute Gasteiger partial charge is 0.263 e. The normalized spacial score (nSPS) is 13.1. The van der Waals surface area contributed by atoms with Crippen LogP contribution in [-0.2, 0) is 15.8 Å². The first-order valence-corrected chi connectivity index (χ1v) is 12.9. The van der Waals surface area contributed by atoms with Gasteiger partial charge >= 0.3 is 0 Å².